The predicted molar refractivity (Wildman–Crippen MR) is 250 cm³/mol. The smallest absolute Gasteiger partial charge is 0.160 e. The first-order valence-corrected chi connectivity index (χ1v) is 20.3. The molecular weight excluding hydrogens is 729 g/mol. The Morgan fingerprint density at radius 1 is 0.317 bits per heavy atom. The summed E-state index contributed by atoms with van der Waals surface area (Å²) in [5.41, 5.74) is 15.2. The van der Waals surface area contributed by atoms with Crippen LogP contribution in [-0.2, 0) is 0 Å². The highest BCUT2D eigenvalue weighted by atomic mass is 15.1. The molecule has 11 rings (SSSR count). The van der Waals surface area contributed by atoms with Crippen LogP contribution in [0.25, 0.3) is 83.3 Å². The van der Waals surface area contributed by atoms with Gasteiger partial charge >= 0.3 is 0 Å². The first-order chi connectivity index (χ1) is 29.7. The van der Waals surface area contributed by atoms with Crippen LogP contribution < -0.4 is 4.90 Å². The molecule has 0 atom stereocenters. The molecule has 0 spiro atoms. The van der Waals surface area contributed by atoms with Crippen molar-refractivity contribution in [1.29, 1.82) is 0 Å². The minimum atomic E-state index is 0.702. The van der Waals surface area contributed by atoms with E-state index in [1.807, 2.05) is 12.1 Å². The molecule has 0 unspecified atom stereocenters. The zero-order chi connectivity index (χ0) is 39.8. The van der Waals surface area contributed by atoms with Crippen LogP contribution in [0.5, 0.6) is 0 Å². The SMILES string of the molecule is c1ccc(-c2ccc(-c3nc(-c4ccc5c(c4)c4ccccc4n5-c4cccc(N(c5ccccc5)c5ccc(-c6ccccc6)cc5)c4)nc4ccccc34)cc2)cc1. The van der Waals surface area contributed by atoms with Gasteiger partial charge in [-0.25, -0.2) is 9.97 Å². The second-order valence-electron chi connectivity index (χ2n) is 15.0. The van der Waals surface area contributed by atoms with E-state index in [-0.39, 0.29) is 0 Å². The average molecular weight is 767 g/mol. The number of nitrogens with zero attached hydrogens (tertiary/aromatic N) is 4. The van der Waals surface area contributed by atoms with Crippen LogP contribution in [0.1, 0.15) is 0 Å². The molecule has 0 bridgehead atoms. The van der Waals surface area contributed by atoms with Crippen molar-refractivity contribution in [2.24, 2.45) is 0 Å². The summed E-state index contributed by atoms with van der Waals surface area (Å²) < 4.78 is 2.38. The third-order valence-electron chi connectivity index (χ3n) is 11.4. The van der Waals surface area contributed by atoms with Crippen LogP contribution in [-0.4, -0.2) is 14.5 Å². The number of para-hydroxylation sites is 3. The Kier molecular flexibility index (Phi) is 8.79. The predicted octanol–water partition coefficient (Wildman–Crippen LogP) is 14.9. The van der Waals surface area contributed by atoms with E-state index in [0.717, 1.165) is 66.9 Å². The summed E-state index contributed by atoms with van der Waals surface area (Å²) >= 11 is 0. The fourth-order valence-electron chi connectivity index (χ4n) is 8.50. The highest BCUT2D eigenvalue weighted by Gasteiger charge is 2.18. The minimum Gasteiger partial charge on any atom is -0.310 e. The van der Waals surface area contributed by atoms with Gasteiger partial charge in [0, 0.05) is 50.0 Å². The molecule has 60 heavy (non-hydrogen) atoms. The lowest BCUT2D eigenvalue weighted by Gasteiger charge is -2.26. The van der Waals surface area contributed by atoms with Gasteiger partial charge in [0.2, 0.25) is 0 Å². The van der Waals surface area contributed by atoms with E-state index in [2.05, 4.69) is 228 Å². The van der Waals surface area contributed by atoms with Crippen molar-refractivity contribution in [3.63, 3.8) is 0 Å². The van der Waals surface area contributed by atoms with Crippen molar-refractivity contribution in [2.45, 2.75) is 0 Å². The summed E-state index contributed by atoms with van der Waals surface area (Å²) in [7, 11) is 0. The third-order valence-corrected chi connectivity index (χ3v) is 11.4. The molecular formula is C56H38N4. The van der Waals surface area contributed by atoms with Crippen molar-refractivity contribution in [1.82, 2.24) is 14.5 Å². The Hall–Kier alpha value is -8.08. The molecule has 0 radical (unpaired) electrons. The summed E-state index contributed by atoms with van der Waals surface area (Å²) in [6.45, 7) is 0. The van der Waals surface area contributed by atoms with Crippen molar-refractivity contribution in [3.05, 3.63) is 231 Å². The average Bonchev–Trinajstić information content (AvgIpc) is 3.66. The zero-order valence-electron chi connectivity index (χ0n) is 32.7. The van der Waals surface area contributed by atoms with E-state index in [9.17, 15) is 0 Å². The van der Waals surface area contributed by atoms with Crippen LogP contribution in [0.2, 0.25) is 0 Å². The number of rotatable bonds is 8. The lowest BCUT2D eigenvalue weighted by molar-refractivity contribution is 1.17. The molecule has 0 saturated heterocycles. The van der Waals surface area contributed by atoms with E-state index < -0.39 is 0 Å². The van der Waals surface area contributed by atoms with Gasteiger partial charge in [0.25, 0.3) is 0 Å². The molecule has 4 heteroatoms. The number of hydrogen-bond donors (Lipinski definition) is 0. The Morgan fingerprint density at radius 3 is 1.55 bits per heavy atom. The largest absolute Gasteiger partial charge is 0.310 e. The molecule has 0 aliphatic carbocycles. The second-order valence-corrected chi connectivity index (χ2v) is 15.0. The highest BCUT2D eigenvalue weighted by Crippen LogP contribution is 2.40. The van der Waals surface area contributed by atoms with Gasteiger partial charge in [-0.2, -0.15) is 0 Å². The highest BCUT2D eigenvalue weighted by molar-refractivity contribution is 6.10. The van der Waals surface area contributed by atoms with E-state index in [1.165, 1.54) is 27.6 Å². The number of hydrogen-bond acceptors (Lipinski definition) is 3. The lowest BCUT2D eigenvalue weighted by atomic mass is 10.0. The van der Waals surface area contributed by atoms with E-state index >= 15 is 0 Å². The zero-order valence-corrected chi connectivity index (χ0v) is 32.7. The fraction of sp³-hybridized carbons (Fsp3) is 0. The maximum absolute atomic E-state index is 5.28. The summed E-state index contributed by atoms with van der Waals surface area (Å²) in [6, 6.07) is 81.6. The number of fused-ring (bicyclic) bond motifs is 4. The van der Waals surface area contributed by atoms with Crippen molar-refractivity contribution >= 4 is 49.8 Å². The molecule has 2 heterocycles. The van der Waals surface area contributed by atoms with Gasteiger partial charge in [0.05, 0.1) is 22.2 Å². The minimum absolute atomic E-state index is 0.702. The fourth-order valence-corrected chi connectivity index (χ4v) is 8.50. The molecule has 2 aromatic heterocycles. The molecule has 0 fully saturated rings. The maximum Gasteiger partial charge on any atom is 0.160 e. The first-order valence-electron chi connectivity index (χ1n) is 20.3. The van der Waals surface area contributed by atoms with Gasteiger partial charge in [-0.1, -0.05) is 158 Å². The summed E-state index contributed by atoms with van der Waals surface area (Å²) in [4.78, 5) is 12.7. The quantitative estimate of drug-likeness (QED) is 0.154. The standard InChI is InChI=1S/C56H38N4/c1-4-15-39(16-5-1)41-27-29-43(30-28-41)55-50-24-10-12-25-52(50)57-56(58-55)44-33-36-54-51(37-44)49-23-11-13-26-53(49)60(54)48-22-14-21-47(38-48)59(45-19-8-3-9-20-45)46-34-31-42(32-35-46)40-17-6-2-7-18-40/h1-38H. The maximum atomic E-state index is 5.28. The third kappa shape index (κ3) is 6.37. The first kappa shape index (κ1) is 35.1. The molecule has 11 aromatic rings. The summed E-state index contributed by atoms with van der Waals surface area (Å²) in [5, 5.41) is 3.35. The van der Waals surface area contributed by atoms with E-state index in [0.29, 0.717) is 5.82 Å². The number of anilines is 3. The summed E-state index contributed by atoms with van der Waals surface area (Å²) in [6.07, 6.45) is 0. The second kappa shape index (κ2) is 15.0. The lowest BCUT2D eigenvalue weighted by Crippen LogP contribution is -2.10. The Bertz CT molecular complexity index is 3280. The molecule has 282 valence electrons. The summed E-state index contributed by atoms with van der Waals surface area (Å²) in [5.74, 6) is 0.702. The van der Waals surface area contributed by atoms with Gasteiger partial charge < -0.3 is 9.47 Å². The van der Waals surface area contributed by atoms with Gasteiger partial charge in [-0.15, -0.1) is 0 Å². The van der Waals surface area contributed by atoms with Crippen molar-refractivity contribution in [3.8, 4) is 50.6 Å². The molecule has 0 aliphatic rings. The van der Waals surface area contributed by atoms with Gasteiger partial charge in [0.1, 0.15) is 0 Å². The van der Waals surface area contributed by atoms with Crippen LogP contribution >= 0.6 is 0 Å². The Balaban J connectivity index is 1.01. The molecule has 0 amide bonds. The van der Waals surface area contributed by atoms with Gasteiger partial charge in [-0.3, -0.25) is 0 Å². The van der Waals surface area contributed by atoms with Crippen LogP contribution in [0.4, 0.5) is 17.1 Å². The van der Waals surface area contributed by atoms with Crippen molar-refractivity contribution < 1.29 is 0 Å². The molecule has 9 aromatic carbocycles. The molecule has 0 aliphatic heterocycles. The number of aromatic nitrogens is 3. The normalized spacial score (nSPS) is 11.3. The monoisotopic (exact) mass is 766 g/mol. The number of benzene rings is 9. The van der Waals surface area contributed by atoms with Gasteiger partial charge in [-0.05, 0) is 95.1 Å². The van der Waals surface area contributed by atoms with Crippen LogP contribution in [0, 0.1) is 0 Å². The van der Waals surface area contributed by atoms with Crippen molar-refractivity contribution in [2.75, 3.05) is 4.90 Å². The Morgan fingerprint density at radius 2 is 0.833 bits per heavy atom. The van der Waals surface area contributed by atoms with Gasteiger partial charge in [0.15, 0.2) is 5.82 Å². The van der Waals surface area contributed by atoms with E-state index in [1.54, 1.807) is 0 Å². The molecule has 0 saturated carbocycles. The Labute approximate surface area is 348 Å². The van der Waals surface area contributed by atoms with Crippen LogP contribution in [0.15, 0.2) is 231 Å². The topological polar surface area (TPSA) is 34.0 Å². The molecule has 0 N–H and O–H groups in total. The van der Waals surface area contributed by atoms with Crippen LogP contribution in [0.3, 0.4) is 0 Å². The molecule has 4 nitrogen and oxygen atoms in total. The van der Waals surface area contributed by atoms with E-state index in [4.69, 9.17) is 9.97 Å².